The minimum absolute atomic E-state index is 0.601. The predicted octanol–water partition coefficient (Wildman–Crippen LogP) is 3.07. The molecule has 1 fully saturated rings. The number of likely N-dealkylation sites (tertiary alicyclic amines) is 1. The summed E-state index contributed by atoms with van der Waals surface area (Å²) >= 11 is 0. The second kappa shape index (κ2) is 7.56. The smallest absolute Gasteiger partial charge is 0.233 e. The topological polar surface area (TPSA) is 36.7 Å². The molecule has 0 unspecified atom stereocenters. The first-order valence-electron chi connectivity index (χ1n) is 9.44. The Morgan fingerprint density at radius 3 is 2.81 bits per heavy atom. The first-order valence-corrected chi connectivity index (χ1v) is 9.44. The standard InChI is InChI=1S/C21H27N5/c1-17-14-25(15-18-7-4-3-5-8-18)12-9-20(17)24(2)16-19-13-23-21-22-10-6-11-26(19)21/h3-8,10-11,13,17,20H,9,12,14-16H2,1-2H3/t17-,20-/m1/s1. The number of aromatic nitrogens is 3. The summed E-state index contributed by atoms with van der Waals surface area (Å²) in [4.78, 5) is 13.8. The van der Waals surface area contributed by atoms with E-state index >= 15 is 0 Å². The van der Waals surface area contributed by atoms with Crippen molar-refractivity contribution in [2.75, 3.05) is 20.1 Å². The van der Waals surface area contributed by atoms with Crippen LogP contribution in [0.3, 0.4) is 0 Å². The average Bonchev–Trinajstić information content (AvgIpc) is 3.06. The van der Waals surface area contributed by atoms with Gasteiger partial charge >= 0.3 is 0 Å². The van der Waals surface area contributed by atoms with E-state index in [0.717, 1.165) is 32.0 Å². The summed E-state index contributed by atoms with van der Waals surface area (Å²) in [6.45, 7) is 6.65. The number of piperidine rings is 1. The highest BCUT2D eigenvalue weighted by Gasteiger charge is 2.29. The number of hydrogen-bond donors (Lipinski definition) is 0. The lowest BCUT2D eigenvalue weighted by Gasteiger charge is -2.41. The van der Waals surface area contributed by atoms with Crippen molar-refractivity contribution in [1.82, 2.24) is 24.2 Å². The molecule has 5 nitrogen and oxygen atoms in total. The molecule has 0 amide bonds. The number of rotatable bonds is 5. The lowest BCUT2D eigenvalue weighted by atomic mass is 9.92. The first-order chi connectivity index (χ1) is 12.7. The summed E-state index contributed by atoms with van der Waals surface area (Å²) in [7, 11) is 2.24. The quantitative estimate of drug-likeness (QED) is 0.709. The largest absolute Gasteiger partial charge is 0.299 e. The van der Waals surface area contributed by atoms with Gasteiger partial charge in [0.05, 0.1) is 11.9 Å². The maximum atomic E-state index is 4.41. The molecule has 136 valence electrons. The fourth-order valence-corrected chi connectivity index (χ4v) is 4.23. The molecule has 0 saturated carbocycles. The molecule has 26 heavy (non-hydrogen) atoms. The van der Waals surface area contributed by atoms with Crippen molar-refractivity contribution in [3.63, 3.8) is 0 Å². The maximum absolute atomic E-state index is 4.41. The average molecular weight is 349 g/mol. The van der Waals surface area contributed by atoms with Crippen LogP contribution in [0.5, 0.6) is 0 Å². The third-order valence-corrected chi connectivity index (χ3v) is 5.54. The van der Waals surface area contributed by atoms with Crippen LogP contribution in [0.4, 0.5) is 0 Å². The number of hydrogen-bond acceptors (Lipinski definition) is 4. The van der Waals surface area contributed by atoms with E-state index in [0.29, 0.717) is 12.0 Å². The molecule has 1 aliphatic rings. The van der Waals surface area contributed by atoms with Crippen LogP contribution in [0.25, 0.3) is 5.78 Å². The van der Waals surface area contributed by atoms with Gasteiger partial charge in [0, 0.05) is 38.1 Å². The Bertz CT molecular complexity index is 844. The van der Waals surface area contributed by atoms with Crippen LogP contribution in [-0.2, 0) is 13.1 Å². The molecule has 0 bridgehead atoms. The van der Waals surface area contributed by atoms with Gasteiger partial charge in [0.15, 0.2) is 0 Å². The van der Waals surface area contributed by atoms with Gasteiger partial charge in [-0.05, 0) is 37.6 Å². The third kappa shape index (κ3) is 3.64. The van der Waals surface area contributed by atoms with Gasteiger partial charge in [-0.1, -0.05) is 37.3 Å². The molecule has 4 rings (SSSR count). The van der Waals surface area contributed by atoms with E-state index in [2.05, 4.69) is 68.5 Å². The summed E-state index contributed by atoms with van der Waals surface area (Å²) < 4.78 is 2.09. The Morgan fingerprint density at radius 2 is 2.00 bits per heavy atom. The zero-order chi connectivity index (χ0) is 17.9. The number of nitrogens with zero attached hydrogens (tertiary/aromatic N) is 5. The summed E-state index contributed by atoms with van der Waals surface area (Å²) in [6, 6.07) is 13.4. The summed E-state index contributed by atoms with van der Waals surface area (Å²) in [6.07, 6.45) is 7.00. The number of benzene rings is 1. The highest BCUT2D eigenvalue weighted by molar-refractivity contribution is 5.30. The zero-order valence-electron chi connectivity index (χ0n) is 15.6. The van der Waals surface area contributed by atoms with Gasteiger partial charge in [-0.25, -0.2) is 9.97 Å². The van der Waals surface area contributed by atoms with Crippen molar-refractivity contribution >= 4 is 5.78 Å². The van der Waals surface area contributed by atoms with Gasteiger partial charge in [-0.3, -0.25) is 14.2 Å². The predicted molar refractivity (Wildman–Crippen MR) is 104 cm³/mol. The van der Waals surface area contributed by atoms with Crippen molar-refractivity contribution in [3.05, 3.63) is 66.2 Å². The lowest BCUT2D eigenvalue weighted by Crippen LogP contribution is -2.48. The van der Waals surface area contributed by atoms with Crippen LogP contribution in [0.1, 0.15) is 24.6 Å². The van der Waals surface area contributed by atoms with E-state index in [1.165, 1.54) is 17.7 Å². The van der Waals surface area contributed by atoms with Crippen LogP contribution in [0.2, 0.25) is 0 Å². The van der Waals surface area contributed by atoms with Gasteiger partial charge < -0.3 is 0 Å². The Hall–Kier alpha value is -2.24. The van der Waals surface area contributed by atoms with Crippen LogP contribution < -0.4 is 0 Å². The number of imidazole rings is 1. The third-order valence-electron chi connectivity index (χ3n) is 5.54. The molecule has 2 aromatic heterocycles. The van der Waals surface area contributed by atoms with Gasteiger partial charge in [-0.2, -0.15) is 0 Å². The minimum Gasteiger partial charge on any atom is -0.299 e. The molecule has 3 heterocycles. The molecule has 1 aromatic carbocycles. The van der Waals surface area contributed by atoms with Gasteiger partial charge in [0.1, 0.15) is 0 Å². The molecule has 2 atom stereocenters. The molecule has 1 aliphatic heterocycles. The Morgan fingerprint density at radius 1 is 1.15 bits per heavy atom. The fourth-order valence-electron chi connectivity index (χ4n) is 4.23. The summed E-state index contributed by atoms with van der Waals surface area (Å²) in [5.74, 6) is 1.43. The van der Waals surface area contributed by atoms with E-state index in [1.807, 2.05) is 18.5 Å². The Balaban J connectivity index is 1.38. The zero-order valence-corrected chi connectivity index (χ0v) is 15.6. The van der Waals surface area contributed by atoms with E-state index in [1.54, 1.807) is 6.20 Å². The van der Waals surface area contributed by atoms with Crippen molar-refractivity contribution in [1.29, 1.82) is 0 Å². The molecule has 3 aromatic rings. The van der Waals surface area contributed by atoms with Gasteiger partial charge in [0.25, 0.3) is 0 Å². The number of fused-ring (bicyclic) bond motifs is 1. The maximum Gasteiger partial charge on any atom is 0.233 e. The van der Waals surface area contributed by atoms with Gasteiger partial charge in [-0.15, -0.1) is 0 Å². The molecular formula is C21H27N5. The highest BCUT2D eigenvalue weighted by atomic mass is 15.2. The van der Waals surface area contributed by atoms with Crippen molar-refractivity contribution in [2.45, 2.75) is 32.5 Å². The monoisotopic (exact) mass is 349 g/mol. The molecule has 5 heteroatoms. The van der Waals surface area contributed by atoms with Crippen molar-refractivity contribution in [3.8, 4) is 0 Å². The van der Waals surface area contributed by atoms with Crippen LogP contribution in [-0.4, -0.2) is 50.3 Å². The van der Waals surface area contributed by atoms with Gasteiger partial charge in [0.2, 0.25) is 5.78 Å². The SMILES string of the molecule is C[C@@H]1CN(Cc2ccccc2)CC[C@H]1N(C)Cc1cnc2ncccn12. The molecule has 0 spiro atoms. The fraction of sp³-hybridized carbons (Fsp3) is 0.429. The molecular weight excluding hydrogens is 322 g/mol. The van der Waals surface area contributed by atoms with E-state index in [9.17, 15) is 0 Å². The van der Waals surface area contributed by atoms with E-state index in [-0.39, 0.29) is 0 Å². The van der Waals surface area contributed by atoms with Crippen molar-refractivity contribution in [2.24, 2.45) is 5.92 Å². The molecule has 1 saturated heterocycles. The Kier molecular flexibility index (Phi) is 5.00. The van der Waals surface area contributed by atoms with Crippen molar-refractivity contribution < 1.29 is 0 Å². The molecule has 0 radical (unpaired) electrons. The van der Waals surface area contributed by atoms with Crippen LogP contribution in [0.15, 0.2) is 55.0 Å². The second-order valence-corrected chi connectivity index (χ2v) is 7.51. The molecule has 0 aliphatic carbocycles. The summed E-state index contributed by atoms with van der Waals surface area (Å²) in [5.41, 5.74) is 2.61. The lowest BCUT2D eigenvalue weighted by molar-refractivity contribution is 0.0711. The normalized spacial score (nSPS) is 21.5. The van der Waals surface area contributed by atoms with Crippen LogP contribution in [0, 0.1) is 5.92 Å². The molecule has 0 N–H and O–H groups in total. The first kappa shape index (κ1) is 17.2. The van der Waals surface area contributed by atoms with E-state index < -0.39 is 0 Å². The van der Waals surface area contributed by atoms with E-state index in [4.69, 9.17) is 0 Å². The minimum atomic E-state index is 0.601. The highest BCUT2D eigenvalue weighted by Crippen LogP contribution is 2.24. The second-order valence-electron chi connectivity index (χ2n) is 7.51. The van der Waals surface area contributed by atoms with Crippen LogP contribution >= 0.6 is 0 Å². The summed E-state index contributed by atoms with van der Waals surface area (Å²) in [5, 5.41) is 0. The Labute approximate surface area is 155 Å².